The van der Waals surface area contributed by atoms with Crippen molar-refractivity contribution in [2.45, 2.75) is 52.1 Å². The second-order valence-electron chi connectivity index (χ2n) is 6.06. The lowest BCUT2D eigenvalue weighted by molar-refractivity contribution is 0.216. The Morgan fingerprint density at radius 1 is 1.32 bits per heavy atom. The first kappa shape index (κ1) is 14.8. The molecule has 1 aromatic rings. The zero-order chi connectivity index (χ0) is 14.0. The molecule has 1 aliphatic carbocycles. The normalized spacial score (nSPS) is 29.2. The molecule has 0 aliphatic heterocycles. The van der Waals surface area contributed by atoms with E-state index in [0.29, 0.717) is 12.0 Å². The minimum absolute atomic E-state index is 0.160. The molecule has 106 valence electrons. The van der Waals surface area contributed by atoms with Crippen LogP contribution < -0.4 is 5.32 Å². The number of nitrogens with one attached hydrogen (secondary N) is 1. The molecule has 4 unspecified atom stereocenters. The van der Waals surface area contributed by atoms with Crippen LogP contribution in [0, 0.1) is 17.7 Å². The Labute approximate surface area is 120 Å². The predicted octanol–water partition coefficient (Wildman–Crippen LogP) is 4.95. The van der Waals surface area contributed by atoms with Crippen molar-refractivity contribution >= 4 is 11.6 Å². The van der Waals surface area contributed by atoms with Gasteiger partial charge in [0.1, 0.15) is 5.82 Å². The fraction of sp³-hybridized carbons (Fsp3) is 0.625. The van der Waals surface area contributed by atoms with Crippen LogP contribution in [0.15, 0.2) is 18.2 Å². The Bertz CT molecular complexity index is 435. The summed E-state index contributed by atoms with van der Waals surface area (Å²) in [4.78, 5) is 0. The van der Waals surface area contributed by atoms with E-state index in [9.17, 15) is 4.39 Å². The van der Waals surface area contributed by atoms with Crippen LogP contribution >= 0.6 is 11.6 Å². The molecule has 1 fully saturated rings. The summed E-state index contributed by atoms with van der Waals surface area (Å²) in [5.74, 6) is 1.18. The third kappa shape index (κ3) is 3.70. The van der Waals surface area contributed by atoms with Crippen molar-refractivity contribution in [2.75, 3.05) is 0 Å². The molecule has 4 atom stereocenters. The molecule has 0 amide bonds. The van der Waals surface area contributed by atoms with Crippen molar-refractivity contribution in [3.8, 4) is 0 Å². The van der Waals surface area contributed by atoms with E-state index in [-0.39, 0.29) is 16.9 Å². The van der Waals surface area contributed by atoms with Gasteiger partial charge < -0.3 is 5.32 Å². The van der Waals surface area contributed by atoms with Crippen molar-refractivity contribution in [1.82, 2.24) is 5.32 Å². The highest BCUT2D eigenvalue weighted by Gasteiger charge is 2.26. The van der Waals surface area contributed by atoms with E-state index in [1.54, 1.807) is 6.07 Å². The van der Waals surface area contributed by atoms with Gasteiger partial charge >= 0.3 is 0 Å². The van der Waals surface area contributed by atoms with Crippen molar-refractivity contribution in [2.24, 2.45) is 11.8 Å². The molecule has 0 radical (unpaired) electrons. The Morgan fingerprint density at radius 3 is 2.68 bits per heavy atom. The van der Waals surface area contributed by atoms with Gasteiger partial charge in [0.2, 0.25) is 0 Å². The summed E-state index contributed by atoms with van der Waals surface area (Å²) in [5.41, 5.74) is 0.965. The summed E-state index contributed by atoms with van der Waals surface area (Å²) in [6.45, 7) is 6.72. The average molecular weight is 284 g/mol. The molecule has 19 heavy (non-hydrogen) atoms. The molecular weight excluding hydrogens is 261 g/mol. The highest BCUT2D eigenvalue weighted by molar-refractivity contribution is 6.30. The van der Waals surface area contributed by atoms with Gasteiger partial charge in [0.05, 0.1) is 5.02 Å². The Hall–Kier alpha value is -0.600. The third-order valence-electron chi connectivity index (χ3n) is 4.34. The van der Waals surface area contributed by atoms with Crippen LogP contribution in [0.1, 0.15) is 51.6 Å². The summed E-state index contributed by atoms with van der Waals surface area (Å²) < 4.78 is 13.5. The lowest BCUT2D eigenvalue weighted by atomic mass is 9.79. The van der Waals surface area contributed by atoms with Gasteiger partial charge in [-0.05, 0) is 55.7 Å². The first-order valence-corrected chi connectivity index (χ1v) is 7.56. The molecule has 0 heterocycles. The summed E-state index contributed by atoms with van der Waals surface area (Å²) in [5, 5.41) is 3.83. The zero-order valence-corrected chi connectivity index (χ0v) is 12.7. The van der Waals surface area contributed by atoms with Gasteiger partial charge in [0.25, 0.3) is 0 Å². The molecule has 1 nitrogen and oxygen atoms in total. The van der Waals surface area contributed by atoms with E-state index < -0.39 is 0 Å². The molecule has 0 saturated heterocycles. The van der Waals surface area contributed by atoms with E-state index in [0.717, 1.165) is 11.5 Å². The first-order valence-electron chi connectivity index (χ1n) is 7.18. The number of hydrogen-bond acceptors (Lipinski definition) is 1. The Morgan fingerprint density at radius 2 is 2.05 bits per heavy atom. The van der Waals surface area contributed by atoms with Crippen LogP contribution in [0.5, 0.6) is 0 Å². The zero-order valence-electron chi connectivity index (χ0n) is 11.9. The maximum Gasteiger partial charge on any atom is 0.142 e. The predicted molar refractivity (Wildman–Crippen MR) is 78.9 cm³/mol. The minimum atomic E-state index is -0.335. The van der Waals surface area contributed by atoms with Crippen LogP contribution in [-0.2, 0) is 0 Å². The molecule has 1 N–H and O–H groups in total. The van der Waals surface area contributed by atoms with Crippen molar-refractivity contribution in [1.29, 1.82) is 0 Å². The van der Waals surface area contributed by atoms with E-state index in [1.807, 2.05) is 6.07 Å². The van der Waals surface area contributed by atoms with Gasteiger partial charge in [0.15, 0.2) is 0 Å². The summed E-state index contributed by atoms with van der Waals surface area (Å²) in [7, 11) is 0. The van der Waals surface area contributed by atoms with Crippen LogP contribution in [0.25, 0.3) is 0 Å². The maximum absolute atomic E-state index is 13.5. The van der Waals surface area contributed by atoms with E-state index >= 15 is 0 Å². The van der Waals surface area contributed by atoms with Gasteiger partial charge in [-0.3, -0.25) is 0 Å². The van der Waals surface area contributed by atoms with E-state index in [2.05, 4.69) is 26.1 Å². The lowest BCUT2D eigenvalue weighted by Gasteiger charge is -2.35. The quantitative estimate of drug-likeness (QED) is 0.827. The molecule has 0 bridgehead atoms. The van der Waals surface area contributed by atoms with Crippen molar-refractivity contribution < 1.29 is 4.39 Å². The van der Waals surface area contributed by atoms with Crippen LogP contribution in [0.3, 0.4) is 0 Å². The van der Waals surface area contributed by atoms with Crippen LogP contribution in [0.2, 0.25) is 5.02 Å². The molecule has 1 aliphatic rings. The van der Waals surface area contributed by atoms with Gasteiger partial charge in [-0.2, -0.15) is 0 Å². The molecule has 3 heteroatoms. The fourth-order valence-corrected chi connectivity index (χ4v) is 3.23. The molecule has 0 aromatic heterocycles. The number of rotatable bonds is 3. The summed E-state index contributed by atoms with van der Waals surface area (Å²) in [6, 6.07) is 5.77. The fourth-order valence-electron chi connectivity index (χ4n) is 3.11. The van der Waals surface area contributed by atoms with Gasteiger partial charge in [0, 0.05) is 12.1 Å². The molecule has 1 saturated carbocycles. The molecule has 0 spiro atoms. The van der Waals surface area contributed by atoms with E-state index in [4.69, 9.17) is 11.6 Å². The topological polar surface area (TPSA) is 12.0 Å². The van der Waals surface area contributed by atoms with Gasteiger partial charge in [-0.15, -0.1) is 0 Å². The Balaban J connectivity index is 2.00. The number of halogens is 2. The van der Waals surface area contributed by atoms with Crippen LogP contribution in [-0.4, -0.2) is 6.04 Å². The number of benzene rings is 1. The minimum Gasteiger partial charge on any atom is -0.307 e. The molecule has 2 rings (SSSR count). The molecular formula is C16H23ClFN. The third-order valence-corrected chi connectivity index (χ3v) is 4.65. The van der Waals surface area contributed by atoms with Crippen LogP contribution in [0.4, 0.5) is 4.39 Å². The summed E-state index contributed by atoms with van der Waals surface area (Å²) in [6.07, 6.45) is 3.77. The summed E-state index contributed by atoms with van der Waals surface area (Å²) >= 11 is 5.72. The maximum atomic E-state index is 13.5. The largest absolute Gasteiger partial charge is 0.307 e. The van der Waals surface area contributed by atoms with Gasteiger partial charge in [-0.1, -0.05) is 31.5 Å². The Kier molecular flexibility index (Phi) is 4.86. The smallest absolute Gasteiger partial charge is 0.142 e. The average Bonchev–Trinajstić information content (AvgIpc) is 2.36. The monoisotopic (exact) mass is 283 g/mol. The van der Waals surface area contributed by atoms with Gasteiger partial charge in [-0.25, -0.2) is 4.39 Å². The highest BCUT2D eigenvalue weighted by Crippen LogP contribution is 2.30. The van der Waals surface area contributed by atoms with Crippen molar-refractivity contribution in [3.63, 3.8) is 0 Å². The second kappa shape index (κ2) is 6.23. The van der Waals surface area contributed by atoms with E-state index in [1.165, 1.54) is 25.3 Å². The first-order chi connectivity index (χ1) is 8.97. The van der Waals surface area contributed by atoms with Crippen molar-refractivity contribution in [3.05, 3.63) is 34.6 Å². The second-order valence-corrected chi connectivity index (χ2v) is 6.47. The molecule has 1 aromatic carbocycles. The standard InChI is InChI=1S/C16H23ClFN/c1-10-4-7-16(11(2)8-10)19-12(3)13-5-6-14(17)15(18)9-13/h5-6,9-12,16,19H,4,7-8H2,1-3H3. The number of hydrogen-bond donors (Lipinski definition) is 1. The lowest BCUT2D eigenvalue weighted by Crippen LogP contribution is -2.40. The SMILES string of the molecule is CC1CCC(NC(C)c2ccc(Cl)c(F)c2)C(C)C1. The highest BCUT2D eigenvalue weighted by atomic mass is 35.5.